The zero-order valence-electron chi connectivity index (χ0n) is 9.32. The van der Waals surface area contributed by atoms with Crippen LogP contribution in [0.4, 0.5) is 0 Å². The molecule has 0 amide bonds. The minimum atomic E-state index is -0.0447. The number of allylic oxidation sites excluding steroid dienone is 2. The molecule has 2 heteroatoms. The molecule has 1 unspecified atom stereocenters. The van der Waals surface area contributed by atoms with Gasteiger partial charge in [0.25, 0.3) is 0 Å². The van der Waals surface area contributed by atoms with Gasteiger partial charge in [0.2, 0.25) is 6.29 Å². The summed E-state index contributed by atoms with van der Waals surface area (Å²) in [5, 5.41) is 0. The van der Waals surface area contributed by atoms with E-state index < -0.39 is 0 Å². The van der Waals surface area contributed by atoms with Gasteiger partial charge in [0.15, 0.2) is 0 Å². The molecule has 1 heterocycles. The van der Waals surface area contributed by atoms with Crippen molar-refractivity contribution in [3.05, 3.63) is 24.2 Å². The van der Waals surface area contributed by atoms with E-state index in [2.05, 4.69) is 26.8 Å². The highest BCUT2D eigenvalue weighted by atomic mass is 16.7. The molecule has 1 aliphatic heterocycles. The molecule has 0 fully saturated rings. The van der Waals surface area contributed by atoms with Gasteiger partial charge < -0.3 is 9.47 Å². The van der Waals surface area contributed by atoms with Crippen LogP contribution >= 0.6 is 0 Å². The van der Waals surface area contributed by atoms with Crippen LogP contribution in [0.5, 0.6) is 0 Å². The van der Waals surface area contributed by atoms with Crippen LogP contribution in [0, 0.1) is 5.92 Å². The maximum Gasteiger partial charge on any atom is 0.239 e. The van der Waals surface area contributed by atoms with E-state index in [0.29, 0.717) is 5.92 Å². The average molecular weight is 196 g/mol. The molecule has 0 aromatic carbocycles. The normalized spacial score (nSPS) is 17.4. The van der Waals surface area contributed by atoms with Crippen molar-refractivity contribution in [2.45, 2.75) is 46.3 Å². The summed E-state index contributed by atoms with van der Waals surface area (Å²) in [6.45, 7) is 6.51. The highest BCUT2D eigenvalue weighted by Crippen LogP contribution is 2.19. The summed E-state index contributed by atoms with van der Waals surface area (Å²) in [6, 6.07) is 0. The third-order valence-electron chi connectivity index (χ3n) is 2.32. The summed E-state index contributed by atoms with van der Waals surface area (Å²) in [6.07, 6.45) is 8.81. The Morgan fingerprint density at radius 3 is 2.57 bits per heavy atom. The van der Waals surface area contributed by atoms with Crippen molar-refractivity contribution in [1.82, 2.24) is 0 Å². The zero-order chi connectivity index (χ0) is 10.4. The van der Waals surface area contributed by atoms with E-state index >= 15 is 0 Å². The Hall–Kier alpha value is -0.920. The van der Waals surface area contributed by atoms with Gasteiger partial charge in [-0.3, -0.25) is 0 Å². The molecule has 0 aromatic heterocycles. The lowest BCUT2D eigenvalue weighted by molar-refractivity contribution is -0.0381. The Labute approximate surface area is 86.6 Å². The molecular formula is C12H20O2. The minimum absolute atomic E-state index is 0.0447. The highest BCUT2D eigenvalue weighted by molar-refractivity contribution is 4.92. The Morgan fingerprint density at radius 2 is 2.00 bits per heavy atom. The summed E-state index contributed by atoms with van der Waals surface area (Å²) in [5.74, 6) is 0.649. The lowest BCUT2D eigenvalue weighted by Gasteiger charge is -2.15. The van der Waals surface area contributed by atoms with Crippen molar-refractivity contribution in [2.24, 2.45) is 5.92 Å². The van der Waals surface area contributed by atoms with Gasteiger partial charge in [-0.2, -0.15) is 0 Å². The summed E-state index contributed by atoms with van der Waals surface area (Å²) < 4.78 is 10.5. The van der Waals surface area contributed by atoms with E-state index in [0.717, 1.165) is 12.8 Å². The average Bonchev–Trinajstić information content (AvgIpc) is 2.56. The predicted molar refractivity (Wildman–Crippen MR) is 57.5 cm³/mol. The Kier molecular flexibility index (Phi) is 4.57. The zero-order valence-corrected chi connectivity index (χ0v) is 9.32. The highest BCUT2D eigenvalue weighted by Gasteiger charge is 2.15. The predicted octanol–water partition coefficient (Wildman–Crippen LogP) is 3.60. The second-order valence-electron chi connectivity index (χ2n) is 4.17. The molecule has 14 heavy (non-hydrogen) atoms. The molecule has 0 bridgehead atoms. The van der Waals surface area contributed by atoms with Gasteiger partial charge >= 0.3 is 0 Å². The molecule has 1 atom stereocenters. The lowest BCUT2D eigenvalue weighted by atomic mass is 10.0. The van der Waals surface area contributed by atoms with Crippen molar-refractivity contribution >= 4 is 0 Å². The van der Waals surface area contributed by atoms with Crippen LogP contribution in [0.2, 0.25) is 0 Å². The summed E-state index contributed by atoms with van der Waals surface area (Å²) in [5.41, 5.74) is 1.40. The van der Waals surface area contributed by atoms with E-state index in [4.69, 9.17) is 9.47 Å². The second kappa shape index (κ2) is 5.74. The molecule has 0 saturated carbocycles. The van der Waals surface area contributed by atoms with Crippen LogP contribution in [-0.4, -0.2) is 6.29 Å². The van der Waals surface area contributed by atoms with Gasteiger partial charge in [0.1, 0.15) is 12.5 Å². The third-order valence-corrected chi connectivity index (χ3v) is 2.32. The van der Waals surface area contributed by atoms with E-state index in [1.54, 1.807) is 12.5 Å². The quantitative estimate of drug-likeness (QED) is 0.625. The van der Waals surface area contributed by atoms with Gasteiger partial charge in [0, 0.05) is 6.42 Å². The fourth-order valence-electron chi connectivity index (χ4n) is 1.49. The first-order valence-electron chi connectivity index (χ1n) is 5.28. The SMILES string of the molecule is CC(C)=CCCC(C)CC1OC=CO1. The van der Waals surface area contributed by atoms with Gasteiger partial charge in [-0.25, -0.2) is 0 Å². The molecule has 0 radical (unpaired) electrons. The topological polar surface area (TPSA) is 18.5 Å². The maximum absolute atomic E-state index is 5.23. The van der Waals surface area contributed by atoms with Gasteiger partial charge in [-0.1, -0.05) is 18.6 Å². The molecule has 0 saturated heterocycles. The van der Waals surface area contributed by atoms with Crippen molar-refractivity contribution < 1.29 is 9.47 Å². The third kappa shape index (κ3) is 4.35. The largest absolute Gasteiger partial charge is 0.459 e. The lowest BCUT2D eigenvalue weighted by Crippen LogP contribution is -2.12. The number of ether oxygens (including phenoxy) is 2. The molecule has 0 spiro atoms. The van der Waals surface area contributed by atoms with Crippen molar-refractivity contribution in [3.8, 4) is 0 Å². The molecule has 0 aliphatic carbocycles. The van der Waals surface area contributed by atoms with Crippen LogP contribution in [0.25, 0.3) is 0 Å². The molecule has 80 valence electrons. The second-order valence-corrected chi connectivity index (χ2v) is 4.17. The number of hydrogen-bond acceptors (Lipinski definition) is 2. The first kappa shape index (κ1) is 11.2. The fraction of sp³-hybridized carbons (Fsp3) is 0.667. The maximum atomic E-state index is 5.23. The summed E-state index contributed by atoms with van der Waals surface area (Å²) in [7, 11) is 0. The molecular weight excluding hydrogens is 176 g/mol. The number of rotatable bonds is 5. The van der Waals surface area contributed by atoms with Crippen LogP contribution in [0.15, 0.2) is 24.2 Å². The van der Waals surface area contributed by atoms with Crippen LogP contribution in [-0.2, 0) is 9.47 Å². The van der Waals surface area contributed by atoms with E-state index in [1.807, 2.05) is 0 Å². The van der Waals surface area contributed by atoms with Crippen LogP contribution in [0.1, 0.15) is 40.0 Å². The molecule has 0 N–H and O–H groups in total. The van der Waals surface area contributed by atoms with Crippen LogP contribution in [0.3, 0.4) is 0 Å². The first-order valence-corrected chi connectivity index (χ1v) is 5.28. The van der Waals surface area contributed by atoms with Gasteiger partial charge in [0.05, 0.1) is 0 Å². The van der Waals surface area contributed by atoms with E-state index in [-0.39, 0.29) is 6.29 Å². The van der Waals surface area contributed by atoms with E-state index in [9.17, 15) is 0 Å². The molecule has 0 aromatic rings. The van der Waals surface area contributed by atoms with Crippen LogP contribution < -0.4 is 0 Å². The van der Waals surface area contributed by atoms with E-state index in [1.165, 1.54) is 12.0 Å². The van der Waals surface area contributed by atoms with Crippen molar-refractivity contribution in [1.29, 1.82) is 0 Å². The first-order chi connectivity index (χ1) is 6.68. The standard InChI is InChI=1S/C12H20O2/c1-10(2)5-4-6-11(3)9-12-13-7-8-14-12/h5,7-8,11-12H,4,6,9H2,1-3H3. The van der Waals surface area contributed by atoms with Crippen molar-refractivity contribution in [2.75, 3.05) is 0 Å². The van der Waals surface area contributed by atoms with Gasteiger partial charge in [-0.15, -0.1) is 0 Å². The Morgan fingerprint density at radius 1 is 1.36 bits per heavy atom. The molecule has 2 nitrogen and oxygen atoms in total. The Bertz CT molecular complexity index is 206. The van der Waals surface area contributed by atoms with Gasteiger partial charge in [-0.05, 0) is 32.6 Å². The Balaban J connectivity index is 2.09. The molecule has 1 rings (SSSR count). The monoisotopic (exact) mass is 196 g/mol. The molecule has 1 aliphatic rings. The summed E-state index contributed by atoms with van der Waals surface area (Å²) >= 11 is 0. The number of hydrogen-bond donors (Lipinski definition) is 0. The van der Waals surface area contributed by atoms with Crippen molar-refractivity contribution in [3.63, 3.8) is 0 Å². The smallest absolute Gasteiger partial charge is 0.239 e. The summed E-state index contributed by atoms with van der Waals surface area (Å²) in [4.78, 5) is 0. The fourth-order valence-corrected chi connectivity index (χ4v) is 1.49. The minimum Gasteiger partial charge on any atom is -0.459 e.